The van der Waals surface area contributed by atoms with Crippen molar-refractivity contribution in [2.24, 2.45) is 4.99 Å². The Morgan fingerprint density at radius 1 is 1.21 bits per heavy atom. The third-order valence-corrected chi connectivity index (χ3v) is 4.07. The minimum atomic E-state index is -1.28. The molecule has 0 unspecified atom stereocenters. The fourth-order valence-electron chi connectivity index (χ4n) is 2.83. The van der Waals surface area contributed by atoms with Gasteiger partial charge < -0.3 is 14.6 Å². The van der Waals surface area contributed by atoms with Crippen LogP contribution in [0.15, 0.2) is 59.6 Å². The zero-order valence-electron chi connectivity index (χ0n) is 13.6. The van der Waals surface area contributed by atoms with Crippen LogP contribution in [0.5, 0.6) is 5.75 Å². The molecule has 1 heterocycles. The first-order valence-corrected chi connectivity index (χ1v) is 7.86. The van der Waals surface area contributed by atoms with Crippen LogP contribution in [0.4, 0.5) is 0 Å². The van der Waals surface area contributed by atoms with Crippen molar-refractivity contribution in [3.63, 3.8) is 0 Å². The van der Waals surface area contributed by atoms with Crippen LogP contribution in [-0.4, -0.2) is 29.7 Å². The Kier molecular flexibility index (Phi) is 4.25. The normalized spacial score (nSPS) is 22.6. The Hall–Kier alpha value is -2.82. The van der Waals surface area contributed by atoms with Gasteiger partial charge in [0.15, 0.2) is 0 Å². The van der Waals surface area contributed by atoms with Crippen molar-refractivity contribution in [2.45, 2.75) is 25.5 Å². The van der Waals surface area contributed by atoms with Crippen molar-refractivity contribution < 1.29 is 19.4 Å². The summed E-state index contributed by atoms with van der Waals surface area (Å²) in [6.45, 7) is 3.80. The molecule has 0 aromatic heterocycles. The minimum absolute atomic E-state index is 0.122. The standard InChI is InChI=1S/C19H19NO4/c1-3-23-18(22)19(15-9-11-16(21)12-10-15)13(2)24-17(20-19)14-7-5-4-6-8-14/h4-13,21H,3H2,1-2H3/t13-,19+/m0/s1. The van der Waals surface area contributed by atoms with Gasteiger partial charge in [-0.05, 0) is 43.7 Å². The lowest BCUT2D eigenvalue weighted by Gasteiger charge is -2.27. The lowest BCUT2D eigenvalue weighted by molar-refractivity contribution is -0.152. The quantitative estimate of drug-likeness (QED) is 0.878. The first-order valence-electron chi connectivity index (χ1n) is 7.86. The maximum atomic E-state index is 12.8. The van der Waals surface area contributed by atoms with E-state index in [0.717, 1.165) is 5.56 Å². The molecule has 0 radical (unpaired) electrons. The number of nitrogens with zero attached hydrogens (tertiary/aromatic N) is 1. The van der Waals surface area contributed by atoms with Crippen LogP contribution in [-0.2, 0) is 19.8 Å². The third-order valence-electron chi connectivity index (χ3n) is 4.07. The van der Waals surface area contributed by atoms with Gasteiger partial charge in [-0.2, -0.15) is 0 Å². The fraction of sp³-hybridized carbons (Fsp3) is 0.263. The predicted molar refractivity (Wildman–Crippen MR) is 89.9 cm³/mol. The van der Waals surface area contributed by atoms with Crippen LogP contribution in [0.3, 0.4) is 0 Å². The summed E-state index contributed by atoms with van der Waals surface area (Å²) < 4.78 is 11.2. The minimum Gasteiger partial charge on any atom is -0.508 e. The molecule has 2 aromatic carbocycles. The lowest BCUT2D eigenvalue weighted by Crippen LogP contribution is -2.42. The van der Waals surface area contributed by atoms with E-state index in [4.69, 9.17) is 9.47 Å². The number of esters is 1. The van der Waals surface area contributed by atoms with E-state index in [2.05, 4.69) is 4.99 Å². The summed E-state index contributed by atoms with van der Waals surface area (Å²) in [5.41, 5.74) is 0.140. The zero-order chi connectivity index (χ0) is 17.2. The highest BCUT2D eigenvalue weighted by Gasteiger charge is 2.53. The summed E-state index contributed by atoms with van der Waals surface area (Å²) in [5, 5.41) is 9.54. The molecule has 1 N–H and O–H groups in total. The highest BCUT2D eigenvalue weighted by Crippen LogP contribution is 2.39. The Morgan fingerprint density at radius 3 is 2.50 bits per heavy atom. The van der Waals surface area contributed by atoms with Gasteiger partial charge in [-0.25, -0.2) is 9.79 Å². The number of carbonyl (C=O) groups excluding carboxylic acids is 1. The van der Waals surface area contributed by atoms with E-state index in [1.54, 1.807) is 26.0 Å². The first-order chi connectivity index (χ1) is 11.6. The summed E-state index contributed by atoms with van der Waals surface area (Å²) >= 11 is 0. The van der Waals surface area contributed by atoms with Gasteiger partial charge in [-0.1, -0.05) is 30.3 Å². The van der Waals surface area contributed by atoms with E-state index in [1.165, 1.54) is 12.1 Å². The number of carbonyl (C=O) groups is 1. The van der Waals surface area contributed by atoms with Gasteiger partial charge in [0.05, 0.1) is 6.61 Å². The molecule has 2 aromatic rings. The van der Waals surface area contributed by atoms with Crippen molar-refractivity contribution >= 4 is 11.9 Å². The van der Waals surface area contributed by atoms with Crippen molar-refractivity contribution in [3.8, 4) is 5.75 Å². The molecule has 5 heteroatoms. The topological polar surface area (TPSA) is 68.1 Å². The highest BCUT2D eigenvalue weighted by molar-refractivity contribution is 5.99. The van der Waals surface area contributed by atoms with E-state index in [9.17, 15) is 9.90 Å². The molecule has 124 valence electrons. The van der Waals surface area contributed by atoms with Crippen LogP contribution in [0.1, 0.15) is 25.0 Å². The molecule has 0 fully saturated rings. The molecule has 0 saturated carbocycles. The van der Waals surface area contributed by atoms with Crippen molar-refractivity contribution in [1.82, 2.24) is 0 Å². The number of phenolic OH excluding ortho intramolecular Hbond substituents is 1. The Balaban J connectivity index is 2.12. The fourth-order valence-corrected chi connectivity index (χ4v) is 2.83. The van der Waals surface area contributed by atoms with Gasteiger partial charge in [0.2, 0.25) is 11.4 Å². The molecule has 2 atom stereocenters. The van der Waals surface area contributed by atoms with Gasteiger partial charge in [-0.15, -0.1) is 0 Å². The molecule has 24 heavy (non-hydrogen) atoms. The van der Waals surface area contributed by atoms with Crippen molar-refractivity contribution in [3.05, 3.63) is 65.7 Å². The third kappa shape index (κ3) is 2.62. The summed E-state index contributed by atoms with van der Waals surface area (Å²) in [6.07, 6.45) is -0.531. The van der Waals surface area contributed by atoms with Gasteiger partial charge in [-0.3, -0.25) is 0 Å². The molecule has 5 nitrogen and oxygen atoms in total. The number of hydrogen-bond acceptors (Lipinski definition) is 5. The number of ether oxygens (including phenoxy) is 2. The van der Waals surface area contributed by atoms with Crippen LogP contribution in [0.25, 0.3) is 0 Å². The predicted octanol–water partition coefficient (Wildman–Crippen LogP) is 3.02. The van der Waals surface area contributed by atoms with Crippen LogP contribution >= 0.6 is 0 Å². The molecule has 0 saturated heterocycles. The molecule has 0 bridgehead atoms. The Labute approximate surface area is 140 Å². The molecular formula is C19H19NO4. The molecule has 0 amide bonds. The van der Waals surface area contributed by atoms with Gasteiger partial charge in [0, 0.05) is 5.56 Å². The average molecular weight is 325 g/mol. The largest absolute Gasteiger partial charge is 0.508 e. The smallest absolute Gasteiger partial charge is 0.342 e. The number of phenols is 1. The first kappa shape index (κ1) is 16.1. The summed E-state index contributed by atoms with van der Waals surface area (Å²) in [6, 6.07) is 15.8. The van der Waals surface area contributed by atoms with Gasteiger partial charge in [0.1, 0.15) is 11.9 Å². The number of aliphatic imine (C=N–C) groups is 1. The molecular weight excluding hydrogens is 306 g/mol. The molecule has 3 rings (SSSR count). The van der Waals surface area contributed by atoms with E-state index < -0.39 is 17.6 Å². The Morgan fingerprint density at radius 2 is 1.88 bits per heavy atom. The summed E-state index contributed by atoms with van der Waals surface area (Å²) in [4.78, 5) is 17.4. The monoisotopic (exact) mass is 325 g/mol. The zero-order valence-corrected chi connectivity index (χ0v) is 13.6. The van der Waals surface area contributed by atoms with Gasteiger partial charge in [0.25, 0.3) is 0 Å². The van der Waals surface area contributed by atoms with Crippen LogP contribution < -0.4 is 0 Å². The van der Waals surface area contributed by atoms with E-state index in [0.29, 0.717) is 11.5 Å². The van der Waals surface area contributed by atoms with Crippen molar-refractivity contribution in [1.29, 1.82) is 0 Å². The molecule has 0 spiro atoms. The second kappa shape index (κ2) is 6.35. The lowest BCUT2D eigenvalue weighted by atomic mass is 9.86. The SMILES string of the molecule is CCOC(=O)[C@@]1(c2ccc(O)cc2)N=C(c2ccccc2)O[C@H]1C. The molecule has 1 aliphatic heterocycles. The van der Waals surface area contributed by atoms with Crippen LogP contribution in [0.2, 0.25) is 0 Å². The van der Waals surface area contributed by atoms with Crippen LogP contribution in [0, 0.1) is 0 Å². The molecule has 0 aliphatic carbocycles. The Bertz CT molecular complexity index is 755. The summed E-state index contributed by atoms with van der Waals surface area (Å²) in [7, 11) is 0. The second-order valence-electron chi connectivity index (χ2n) is 5.58. The number of aromatic hydroxyl groups is 1. The number of rotatable bonds is 4. The number of hydrogen-bond donors (Lipinski definition) is 1. The maximum absolute atomic E-state index is 12.8. The number of benzene rings is 2. The van der Waals surface area contributed by atoms with E-state index in [-0.39, 0.29) is 12.4 Å². The van der Waals surface area contributed by atoms with E-state index in [1.807, 2.05) is 30.3 Å². The molecule has 1 aliphatic rings. The average Bonchev–Trinajstić information content (AvgIpc) is 2.95. The summed E-state index contributed by atoms with van der Waals surface area (Å²) in [5.74, 6) is 0.0648. The maximum Gasteiger partial charge on any atom is 0.342 e. The highest BCUT2D eigenvalue weighted by atomic mass is 16.5. The second-order valence-corrected chi connectivity index (χ2v) is 5.58. The van der Waals surface area contributed by atoms with E-state index >= 15 is 0 Å². The van der Waals surface area contributed by atoms with Crippen molar-refractivity contribution in [2.75, 3.05) is 6.61 Å². The van der Waals surface area contributed by atoms with Gasteiger partial charge >= 0.3 is 5.97 Å².